The van der Waals surface area contributed by atoms with Crippen molar-refractivity contribution in [2.24, 2.45) is 0 Å². The summed E-state index contributed by atoms with van der Waals surface area (Å²) in [6.07, 6.45) is 3.71. The second-order valence-electron chi connectivity index (χ2n) is 7.61. The molecular formula is C25H25NO. The highest BCUT2D eigenvalue weighted by atomic mass is 16.5. The van der Waals surface area contributed by atoms with Crippen molar-refractivity contribution in [3.63, 3.8) is 0 Å². The largest absolute Gasteiger partial charge is 0.378 e. The number of nitrogens with one attached hydrogen (secondary N) is 1. The molecule has 2 atom stereocenters. The molecule has 0 aliphatic carbocycles. The summed E-state index contributed by atoms with van der Waals surface area (Å²) in [4.78, 5) is 0. The van der Waals surface area contributed by atoms with Crippen molar-refractivity contribution in [1.82, 2.24) is 0 Å². The molecule has 136 valence electrons. The molecule has 0 amide bonds. The van der Waals surface area contributed by atoms with Gasteiger partial charge in [0.05, 0.1) is 17.6 Å². The molecule has 1 N–H and O–H groups in total. The van der Waals surface area contributed by atoms with Crippen molar-refractivity contribution < 1.29 is 4.74 Å². The van der Waals surface area contributed by atoms with Crippen LogP contribution in [0, 0.1) is 0 Å². The van der Waals surface area contributed by atoms with E-state index in [9.17, 15) is 0 Å². The van der Waals surface area contributed by atoms with Crippen molar-refractivity contribution in [2.45, 2.75) is 36.8 Å². The molecule has 27 heavy (non-hydrogen) atoms. The van der Waals surface area contributed by atoms with Gasteiger partial charge in [0.1, 0.15) is 0 Å². The number of fused-ring (bicyclic) bond motifs is 1. The van der Waals surface area contributed by atoms with Gasteiger partial charge in [-0.15, -0.1) is 0 Å². The van der Waals surface area contributed by atoms with E-state index in [-0.39, 0.29) is 17.6 Å². The molecule has 2 heterocycles. The van der Waals surface area contributed by atoms with Gasteiger partial charge in [0.15, 0.2) is 0 Å². The van der Waals surface area contributed by atoms with Crippen molar-refractivity contribution in [2.75, 3.05) is 11.9 Å². The first-order valence-electron chi connectivity index (χ1n) is 9.99. The number of rotatable bonds is 3. The number of anilines is 1. The lowest BCUT2D eigenvalue weighted by atomic mass is 9.64. The predicted molar refractivity (Wildman–Crippen MR) is 110 cm³/mol. The average molecular weight is 355 g/mol. The van der Waals surface area contributed by atoms with Crippen LogP contribution in [-0.4, -0.2) is 18.8 Å². The van der Waals surface area contributed by atoms with Gasteiger partial charge in [0.25, 0.3) is 0 Å². The molecule has 2 heteroatoms. The Hall–Kier alpha value is -2.58. The van der Waals surface area contributed by atoms with E-state index in [1.807, 2.05) is 0 Å². The Balaban J connectivity index is 1.79. The Bertz CT molecular complexity index is 860. The molecule has 5 rings (SSSR count). The minimum absolute atomic E-state index is 0.181. The van der Waals surface area contributed by atoms with E-state index in [2.05, 4.69) is 90.2 Å². The van der Waals surface area contributed by atoms with Crippen molar-refractivity contribution >= 4 is 5.69 Å². The number of para-hydroxylation sites is 1. The molecule has 2 aliphatic heterocycles. The lowest BCUT2D eigenvalue weighted by molar-refractivity contribution is -0.00243. The quantitative estimate of drug-likeness (QED) is 0.681. The van der Waals surface area contributed by atoms with Crippen molar-refractivity contribution in [3.8, 4) is 0 Å². The Labute approximate surface area is 161 Å². The highest BCUT2D eigenvalue weighted by Crippen LogP contribution is 2.52. The van der Waals surface area contributed by atoms with Crippen LogP contribution in [-0.2, 0) is 10.2 Å². The zero-order valence-corrected chi connectivity index (χ0v) is 15.5. The van der Waals surface area contributed by atoms with Crippen LogP contribution in [0.25, 0.3) is 0 Å². The molecule has 2 aliphatic rings. The molecule has 0 saturated carbocycles. The van der Waals surface area contributed by atoms with Gasteiger partial charge in [-0.2, -0.15) is 0 Å². The van der Waals surface area contributed by atoms with Gasteiger partial charge in [0, 0.05) is 12.3 Å². The fraction of sp³-hybridized carbons (Fsp3) is 0.280. The Morgan fingerprint density at radius 2 is 1.37 bits per heavy atom. The van der Waals surface area contributed by atoms with Crippen LogP contribution >= 0.6 is 0 Å². The third-order valence-corrected chi connectivity index (χ3v) is 6.17. The summed E-state index contributed by atoms with van der Waals surface area (Å²) in [5, 5.41) is 3.87. The van der Waals surface area contributed by atoms with Crippen LogP contribution in [0.4, 0.5) is 5.69 Å². The molecule has 1 fully saturated rings. The standard InChI is InChI=1S/C25H25NO/c1-3-11-19(12-4-1)25(20-13-5-2-6-14-20)21-15-7-8-16-22(21)26-24(25)23-17-9-10-18-27-23/h1-8,11-16,23-24,26H,9-10,17-18H2. The van der Waals surface area contributed by atoms with Gasteiger partial charge in [-0.3, -0.25) is 0 Å². The third-order valence-electron chi connectivity index (χ3n) is 6.17. The molecule has 0 aromatic heterocycles. The fourth-order valence-corrected chi connectivity index (χ4v) is 5.04. The molecular weight excluding hydrogens is 330 g/mol. The van der Waals surface area contributed by atoms with Gasteiger partial charge < -0.3 is 10.1 Å². The van der Waals surface area contributed by atoms with Gasteiger partial charge in [-0.05, 0) is 42.0 Å². The van der Waals surface area contributed by atoms with Crippen molar-refractivity contribution in [1.29, 1.82) is 0 Å². The molecule has 0 bridgehead atoms. The SMILES string of the molecule is c1ccc(C2(c3ccccc3)c3ccccc3NC2C2CCCCO2)cc1. The summed E-state index contributed by atoms with van der Waals surface area (Å²) in [5.74, 6) is 0. The van der Waals surface area contributed by atoms with Crippen molar-refractivity contribution in [3.05, 3.63) is 102 Å². The van der Waals surface area contributed by atoms with Gasteiger partial charge in [-0.25, -0.2) is 0 Å². The van der Waals surface area contributed by atoms with Gasteiger partial charge in [-0.1, -0.05) is 78.9 Å². The van der Waals surface area contributed by atoms with E-state index in [4.69, 9.17) is 4.74 Å². The normalized spacial score (nSPS) is 23.4. The second kappa shape index (κ2) is 6.86. The summed E-state index contributed by atoms with van der Waals surface area (Å²) < 4.78 is 6.33. The van der Waals surface area contributed by atoms with Crippen LogP contribution in [0.3, 0.4) is 0 Å². The molecule has 0 radical (unpaired) electrons. The van der Waals surface area contributed by atoms with Crippen LogP contribution in [0.1, 0.15) is 36.0 Å². The van der Waals surface area contributed by atoms with E-state index in [0.717, 1.165) is 13.0 Å². The number of hydrogen-bond acceptors (Lipinski definition) is 2. The highest BCUT2D eigenvalue weighted by molar-refractivity contribution is 5.71. The maximum atomic E-state index is 6.33. The lowest BCUT2D eigenvalue weighted by Gasteiger charge is -2.42. The molecule has 3 aromatic rings. The van der Waals surface area contributed by atoms with Crippen LogP contribution in [0.15, 0.2) is 84.9 Å². The summed E-state index contributed by atoms with van der Waals surface area (Å²) in [7, 11) is 0. The molecule has 1 saturated heterocycles. The minimum Gasteiger partial charge on any atom is -0.378 e. The fourth-order valence-electron chi connectivity index (χ4n) is 5.04. The van der Waals surface area contributed by atoms with E-state index in [1.54, 1.807) is 0 Å². The monoisotopic (exact) mass is 355 g/mol. The van der Waals surface area contributed by atoms with E-state index in [1.165, 1.54) is 35.2 Å². The predicted octanol–water partition coefficient (Wildman–Crippen LogP) is 5.38. The smallest absolute Gasteiger partial charge is 0.0791 e. The summed E-state index contributed by atoms with van der Waals surface area (Å²) in [5.41, 5.74) is 4.98. The van der Waals surface area contributed by atoms with Gasteiger partial charge in [0.2, 0.25) is 0 Å². The molecule has 2 nitrogen and oxygen atoms in total. The Morgan fingerprint density at radius 1 is 0.741 bits per heavy atom. The molecule has 2 unspecified atom stereocenters. The van der Waals surface area contributed by atoms with E-state index >= 15 is 0 Å². The molecule has 3 aromatic carbocycles. The summed E-state index contributed by atoms with van der Waals surface area (Å²) in [6.45, 7) is 0.860. The average Bonchev–Trinajstić information content (AvgIpc) is 3.12. The van der Waals surface area contributed by atoms with Crippen LogP contribution in [0.5, 0.6) is 0 Å². The second-order valence-corrected chi connectivity index (χ2v) is 7.61. The Morgan fingerprint density at radius 3 is 2.00 bits per heavy atom. The summed E-state index contributed by atoms with van der Waals surface area (Å²) >= 11 is 0. The number of ether oxygens (including phenoxy) is 1. The summed E-state index contributed by atoms with van der Waals surface area (Å²) in [6, 6.07) is 30.8. The maximum absolute atomic E-state index is 6.33. The zero-order valence-electron chi connectivity index (χ0n) is 15.5. The van der Waals surface area contributed by atoms with Gasteiger partial charge >= 0.3 is 0 Å². The molecule has 0 spiro atoms. The maximum Gasteiger partial charge on any atom is 0.0791 e. The van der Waals surface area contributed by atoms with Crippen LogP contribution < -0.4 is 5.32 Å². The van der Waals surface area contributed by atoms with E-state index < -0.39 is 0 Å². The minimum atomic E-state index is -0.249. The highest BCUT2D eigenvalue weighted by Gasteiger charge is 2.52. The Kier molecular flexibility index (Phi) is 4.21. The first kappa shape index (κ1) is 16.6. The first-order valence-corrected chi connectivity index (χ1v) is 9.99. The third kappa shape index (κ3) is 2.59. The topological polar surface area (TPSA) is 21.3 Å². The van der Waals surface area contributed by atoms with Crippen LogP contribution in [0.2, 0.25) is 0 Å². The first-order chi connectivity index (χ1) is 13.4. The number of benzene rings is 3. The number of hydrogen-bond donors (Lipinski definition) is 1. The van der Waals surface area contributed by atoms with E-state index in [0.29, 0.717) is 0 Å². The lowest BCUT2D eigenvalue weighted by Crippen LogP contribution is -2.50. The zero-order chi connectivity index (χ0) is 18.1.